The number of hydrogen-bond donors (Lipinski definition) is 1. The summed E-state index contributed by atoms with van der Waals surface area (Å²) in [7, 11) is 0. The second-order valence-electron chi connectivity index (χ2n) is 6.76. The summed E-state index contributed by atoms with van der Waals surface area (Å²) in [4.78, 5) is 26.7. The smallest absolute Gasteiger partial charge is 0.225 e. The fraction of sp³-hybridized carbons (Fsp3) is 0.600. The fourth-order valence-corrected chi connectivity index (χ4v) is 3.39. The van der Waals surface area contributed by atoms with Crippen molar-refractivity contribution in [1.82, 2.24) is 10.2 Å². The van der Waals surface area contributed by atoms with Crippen LogP contribution in [0.3, 0.4) is 0 Å². The van der Waals surface area contributed by atoms with Gasteiger partial charge in [0.25, 0.3) is 0 Å². The summed E-state index contributed by atoms with van der Waals surface area (Å²) < 4.78 is 0. The maximum atomic E-state index is 12.4. The zero-order valence-corrected chi connectivity index (χ0v) is 15.2. The predicted molar refractivity (Wildman–Crippen MR) is 96.4 cm³/mol. The molecule has 1 aromatic rings. The highest BCUT2D eigenvalue weighted by atomic mass is 16.2. The van der Waals surface area contributed by atoms with Gasteiger partial charge in [-0.15, -0.1) is 0 Å². The summed E-state index contributed by atoms with van der Waals surface area (Å²) in [5.41, 5.74) is 2.36. The minimum absolute atomic E-state index is 0.0276. The van der Waals surface area contributed by atoms with E-state index in [1.807, 2.05) is 23.1 Å². The molecule has 1 aliphatic rings. The van der Waals surface area contributed by atoms with Crippen LogP contribution in [-0.4, -0.2) is 29.8 Å². The van der Waals surface area contributed by atoms with Crippen molar-refractivity contribution in [3.8, 4) is 0 Å². The lowest BCUT2D eigenvalue weighted by molar-refractivity contribution is -0.139. The Kier molecular flexibility index (Phi) is 6.83. The Morgan fingerprint density at radius 1 is 1.17 bits per heavy atom. The van der Waals surface area contributed by atoms with E-state index >= 15 is 0 Å². The number of nitrogens with one attached hydrogen (secondary N) is 1. The van der Waals surface area contributed by atoms with E-state index in [-0.39, 0.29) is 23.7 Å². The highest BCUT2D eigenvalue weighted by Gasteiger charge is 2.29. The molecule has 1 saturated heterocycles. The molecule has 2 amide bonds. The van der Waals surface area contributed by atoms with Gasteiger partial charge in [0, 0.05) is 31.5 Å². The first-order valence-electron chi connectivity index (χ1n) is 9.17. The van der Waals surface area contributed by atoms with Crippen LogP contribution in [0.1, 0.15) is 50.7 Å². The summed E-state index contributed by atoms with van der Waals surface area (Å²) in [6.07, 6.45) is 3.33. The average Bonchev–Trinajstić information content (AvgIpc) is 2.62. The number of nitrogens with zero attached hydrogens (tertiary/aromatic N) is 1. The number of benzene rings is 1. The summed E-state index contributed by atoms with van der Waals surface area (Å²) in [5.74, 6) is 0.544. The lowest BCUT2D eigenvalue weighted by atomic mass is 9.93. The van der Waals surface area contributed by atoms with Gasteiger partial charge in [-0.25, -0.2) is 0 Å². The van der Waals surface area contributed by atoms with Crippen LogP contribution in [0.2, 0.25) is 0 Å². The molecule has 0 aliphatic carbocycles. The van der Waals surface area contributed by atoms with Crippen LogP contribution in [-0.2, 0) is 16.1 Å². The Balaban J connectivity index is 1.80. The summed E-state index contributed by atoms with van der Waals surface area (Å²) in [5, 5.41) is 3.06. The molecule has 24 heavy (non-hydrogen) atoms. The molecular formula is C20H30N2O2. The predicted octanol–water partition coefficient (Wildman–Crippen LogP) is 3.29. The third-order valence-electron chi connectivity index (χ3n) is 5.23. The monoisotopic (exact) mass is 330 g/mol. The molecule has 0 saturated carbocycles. The highest BCUT2D eigenvalue weighted by Crippen LogP contribution is 2.21. The standard InChI is InChI=1S/C20H30N2O2/c1-4-16(5-2)20(24)22-12-10-17(11-13-22)19(23)21-14-18-9-7-6-8-15(18)3/h6-9,16-17H,4-5,10-14H2,1-3H3,(H,21,23). The topological polar surface area (TPSA) is 49.4 Å². The molecular weight excluding hydrogens is 300 g/mol. The van der Waals surface area contributed by atoms with Crippen LogP contribution < -0.4 is 5.32 Å². The van der Waals surface area contributed by atoms with E-state index in [1.54, 1.807) is 0 Å². The first-order valence-corrected chi connectivity index (χ1v) is 9.17. The molecule has 1 fully saturated rings. The van der Waals surface area contributed by atoms with Gasteiger partial charge in [0.15, 0.2) is 0 Å². The van der Waals surface area contributed by atoms with Crippen LogP contribution in [0.15, 0.2) is 24.3 Å². The fourth-order valence-electron chi connectivity index (χ4n) is 3.39. The average molecular weight is 330 g/mol. The van der Waals surface area contributed by atoms with Crippen molar-refractivity contribution in [2.45, 2.75) is 53.0 Å². The number of amides is 2. The molecule has 0 aromatic heterocycles. The number of piperidine rings is 1. The van der Waals surface area contributed by atoms with E-state index in [0.717, 1.165) is 31.2 Å². The van der Waals surface area contributed by atoms with Gasteiger partial charge in [-0.05, 0) is 43.7 Å². The van der Waals surface area contributed by atoms with Crippen LogP contribution in [0, 0.1) is 18.8 Å². The lowest BCUT2D eigenvalue weighted by Gasteiger charge is -2.33. The largest absolute Gasteiger partial charge is 0.352 e. The van der Waals surface area contributed by atoms with Crippen molar-refractivity contribution in [1.29, 1.82) is 0 Å². The number of hydrogen-bond acceptors (Lipinski definition) is 2. The lowest BCUT2D eigenvalue weighted by Crippen LogP contribution is -2.44. The van der Waals surface area contributed by atoms with Crippen molar-refractivity contribution < 1.29 is 9.59 Å². The van der Waals surface area contributed by atoms with Gasteiger partial charge in [-0.1, -0.05) is 38.1 Å². The minimum atomic E-state index is 0.0276. The molecule has 0 bridgehead atoms. The van der Waals surface area contributed by atoms with Gasteiger partial charge in [-0.3, -0.25) is 9.59 Å². The van der Waals surface area contributed by atoms with Crippen LogP contribution in [0.25, 0.3) is 0 Å². The van der Waals surface area contributed by atoms with E-state index in [0.29, 0.717) is 19.6 Å². The molecule has 1 aromatic carbocycles. The Morgan fingerprint density at radius 2 is 1.79 bits per heavy atom. The number of carbonyl (C=O) groups is 2. The molecule has 0 spiro atoms. The Hall–Kier alpha value is -1.84. The van der Waals surface area contributed by atoms with Gasteiger partial charge in [0.1, 0.15) is 0 Å². The van der Waals surface area contributed by atoms with E-state index < -0.39 is 0 Å². The highest BCUT2D eigenvalue weighted by molar-refractivity contribution is 5.81. The second kappa shape index (κ2) is 8.86. The zero-order valence-electron chi connectivity index (χ0n) is 15.2. The quantitative estimate of drug-likeness (QED) is 0.870. The van der Waals surface area contributed by atoms with Crippen LogP contribution in [0.5, 0.6) is 0 Å². The van der Waals surface area contributed by atoms with Gasteiger partial charge < -0.3 is 10.2 Å². The summed E-state index contributed by atoms with van der Waals surface area (Å²) in [6, 6.07) is 8.11. The Labute approximate surface area is 145 Å². The molecule has 4 heteroatoms. The number of carbonyl (C=O) groups excluding carboxylic acids is 2. The van der Waals surface area contributed by atoms with E-state index in [9.17, 15) is 9.59 Å². The molecule has 4 nitrogen and oxygen atoms in total. The van der Waals surface area contributed by atoms with Gasteiger partial charge >= 0.3 is 0 Å². The van der Waals surface area contributed by atoms with Gasteiger partial charge in [0.2, 0.25) is 11.8 Å². The van der Waals surface area contributed by atoms with E-state index in [2.05, 4.69) is 32.2 Å². The first kappa shape index (κ1) is 18.5. The molecule has 132 valence electrons. The third-order valence-corrected chi connectivity index (χ3v) is 5.23. The first-order chi connectivity index (χ1) is 11.6. The maximum Gasteiger partial charge on any atom is 0.225 e. The molecule has 0 atom stereocenters. The van der Waals surface area contributed by atoms with E-state index in [1.165, 1.54) is 5.56 Å². The SMILES string of the molecule is CCC(CC)C(=O)N1CCC(C(=O)NCc2ccccc2C)CC1. The third kappa shape index (κ3) is 4.59. The molecule has 0 unspecified atom stereocenters. The van der Waals surface area contributed by atoms with E-state index in [4.69, 9.17) is 0 Å². The minimum Gasteiger partial charge on any atom is -0.352 e. The van der Waals surface area contributed by atoms with Crippen molar-refractivity contribution in [3.63, 3.8) is 0 Å². The van der Waals surface area contributed by atoms with Crippen molar-refractivity contribution in [2.75, 3.05) is 13.1 Å². The Bertz CT molecular complexity index is 559. The van der Waals surface area contributed by atoms with Crippen LogP contribution in [0.4, 0.5) is 0 Å². The molecule has 1 heterocycles. The van der Waals surface area contributed by atoms with Crippen molar-refractivity contribution in [2.24, 2.45) is 11.8 Å². The summed E-state index contributed by atoms with van der Waals surface area (Å²) >= 11 is 0. The maximum absolute atomic E-state index is 12.4. The molecule has 1 aliphatic heterocycles. The molecule has 2 rings (SSSR count). The molecule has 0 radical (unpaired) electrons. The van der Waals surface area contributed by atoms with Crippen LogP contribution >= 0.6 is 0 Å². The van der Waals surface area contributed by atoms with Gasteiger partial charge in [0.05, 0.1) is 0 Å². The number of rotatable bonds is 6. The number of aryl methyl sites for hydroxylation is 1. The van der Waals surface area contributed by atoms with Gasteiger partial charge in [-0.2, -0.15) is 0 Å². The van der Waals surface area contributed by atoms with Crippen molar-refractivity contribution >= 4 is 11.8 Å². The summed E-state index contributed by atoms with van der Waals surface area (Å²) in [6.45, 7) is 8.19. The normalized spacial score (nSPS) is 15.6. The number of likely N-dealkylation sites (tertiary alicyclic amines) is 1. The van der Waals surface area contributed by atoms with Crippen molar-refractivity contribution in [3.05, 3.63) is 35.4 Å². The molecule has 1 N–H and O–H groups in total. The second-order valence-corrected chi connectivity index (χ2v) is 6.76. The Morgan fingerprint density at radius 3 is 2.38 bits per heavy atom. The zero-order chi connectivity index (χ0) is 17.5.